The Morgan fingerprint density at radius 1 is 1.31 bits per heavy atom. The first kappa shape index (κ1) is 13.4. The van der Waals surface area contributed by atoms with E-state index in [1.165, 1.54) is 18.2 Å². The Bertz CT molecular complexity index is 285. The fraction of sp³-hybridized carbons (Fsp3) is 0.250. The molecule has 0 saturated heterocycles. The standard InChI is InChI=1S/C8H11NO3.K.H/c9-4-8(12)5-1-2-6(10)7(11)3-5;;/h1-3,8,10-12H,4,9H2;;/q;+1;-1/t8-;;/m0../s1. The minimum Gasteiger partial charge on any atom is -1.00 e. The maximum absolute atomic E-state index is 9.23. The fourth-order valence-corrected chi connectivity index (χ4v) is 0.884. The molecule has 1 aromatic carbocycles. The van der Waals surface area contributed by atoms with Gasteiger partial charge in [-0.05, 0) is 17.7 Å². The van der Waals surface area contributed by atoms with Crippen LogP contribution in [0, 0.1) is 0 Å². The number of phenols is 2. The third-order valence-electron chi connectivity index (χ3n) is 1.61. The van der Waals surface area contributed by atoms with Crippen LogP contribution < -0.4 is 57.1 Å². The molecule has 0 aliphatic carbocycles. The van der Waals surface area contributed by atoms with E-state index in [1.54, 1.807) is 0 Å². The topological polar surface area (TPSA) is 86.7 Å². The molecule has 5 heteroatoms. The van der Waals surface area contributed by atoms with Crippen LogP contribution in [-0.4, -0.2) is 21.9 Å². The molecule has 1 aromatic rings. The maximum atomic E-state index is 9.23. The van der Waals surface area contributed by atoms with E-state index in [0.717, 1.165) is 0 Å². The fourth-order valence-electron chi connectivity index (χ4n) is 0.884. The molecular weight excluding hydrogens is 197 g/mol. The van der Waals surface area contributed by atoms with E-state index in [2.05, 4.69) is 0 Å². The van der Waals surface area contributed by atoms with Gasteiger partial charge in [-0.1, -0.05) is 6.07 Å². The van der Waals surface area contributed by atoms with Crippen molar-refractivity contribution >= 4 is 0 Å². The van der Waals surface area contributed by atoms with Crippen LogP contribution in [0.25, 0.3) is 0 Å². The molecule has 0 bridgehead atoms. The van der Waals surface area contributed by atoms with E-state index in [9.17, 15) is 5.11 Å². The number of phenolic OH excluding ortho intramolecular Hbond substituents is 2. The third-order valence-corrected chi connectivity index (χ3v) is 1.61. The normalized spacial score (nSPS) is 11.8. The molecule has 4 nitrogen and oxygen atoms in total. The Morgan fingerprint density at radius 2 is 1.92 bits per heavy atom. The van der Waals surface area contributed by atoms with Crippen molar-refractivity contribution in [1.82, 2.24) is 0 Å². The summed E-state index contributed by atoms with van der Waals surface area (Å²) in [6, 6.07) is 4.10. The molecule has 0 amide bonds. The Kier molecular flexibility index (Phi) is 6.15. The quantitative estimate of drug-likeness (QED) is 0.313. The monoisotopic (exact) mass is 209 g/mol. The van der Waals surface area contributed by atoms with Crippen LogP contribution >= 0.6 is 0 Å². The largest absolute Gasteiger partial charge is 1.00 e. The molecule has 0 aliphatic rings. The van der Waals surface area contributed by atoms with Gasteiger partial charge in [-0.2, -0.15) is 0 Å². The molecule has 0 fully saturated rings. The van der Waals surface area contributed by atoms with Gasteiger partial charge in [-0.15, -0.1) is 0 Å². The first-order valence-corrected chi connectivity index (χ1v) is 3.55. The van der Waals surface area contributed by atoms with Gasteiger partial charge in [0, 0.05) is 6.54 Å². The van der Waals surface area contributed by atoms with Crippen LogP contribution in [0.15, 0.2) is 18.2 Å². The zero-order valence-electron chi connectivity index (χ0n) is 8.44. The number of hydrogen-bond acceptors (Lipinski definition) is 4. The summed E-state index contributed by atoms with van der Waals surface area (Å²) in [4.78, 5) is 0. The summed E-state index contributed by atoms with van der Waals surface area (Å²) in [6.07, 6.45) is -0.795. The van der Waals surface area contributed by atoms with Crippen molar-refractivity contribution in [3.63, 3.8) is 0 Å². The van der Waals surface area contributed by atoms with E-state index >= 15 is 0 Å². The van der Waals surface area contributed by atoms with E-state index in [1.807, 2.05) is 0 Å². The number of rotatable bonds is 2. The summed E-state index contributed by atoms with van der Waals surface area (Å²) in [5.41, 5.74) is 5.69. The average Bonchev–Trinajstić information content (AvgIpc) is 2.08. The van der Waals surface area contributed by atoms with Crippen LogP contribution in [0.4, 0.5) is 0 Å². The maximum Gasteiger partial charge on any atom is 1.00 e. The molecule has 0 heterocycles. The van der Waals surface area contributed by atoms with E-state index < -0.39 is 6.10 Å². The summed E-state index contributed by atoms with van der Waals surface area (Å²) >= 11 is 0. The minimum atomic E-state index is -0.795. The first-order valence-electron chi connectivity index (χ1n) is 3.55. The van der Waals surface area contributed by atoms with Gasteiger partial charge in [0.1, 0.15) is 0 Å². The smallest absolute Gasteiger partial charge is 1.00 e. The molecule has 0 aliphatic heterocycles. The van der Waals surface area contributed by atoms with Gasteiger partial charge in [0.15, 0.2) is 11.5 Å². The van der Waals surface area contributed by atoms with Crippen LogP contribution in [0.3, 0.4) is 0 Å². The van der Waals surface area contributed by atoms with Gasteiger partial charge in [0.05, 0.1) is 6.10 Å². The Balaban J connectivity index is 0. The van der Waals surface area contributed by atoms with Crippen molar-refractivity contribution in [2.75, 3.05) is 6.54 Å². The minimum absolute atomic E-state index is 0. The predicted octanol–water partition coefficient (Wildman–Crippen LogP) is -2.79. The van der Waals surface area contributed by atoms with Crippen molar-refractivity contribution in [1.29, 1.82) is 0 Å². The molecule has 0 aromatic heterocycles. The summed E-state index contributed by atoms with van der Waals surface area (Å²) in [5.74, 6) is -0.456. The molecule has 0 spiro atoms. The second-order valence-electron chi connectivity index (χ2n) is 2.50. The number of benzene rings is 1. The number of hydrogen-bond donors (Lipinski definition) is 4. The van der Waals surface area contributed by atoms with E-state index in [-0.39, 0.29) is 70.9 Å². The summed E-state index contributed by atoms with van der Waals surface area (Å²) in [6.45, 7) is 0.0875. The zero-order chi connectivity index (χ0) is 9.14. The first-order chi connectivity index (χ1) is 5.65. The van der Waals surface area contributed by atoms with Crippen molar-refractivity contribution in [2.45, 2.75) is 6.10 Å². The summed E-state index contributed by atoms with van der Waals surface area (Å²) in [5, 5.41) is 27.2. The molecule has 0 saturated carbocycles. The predicted molar refractivity (Wildman–Crippen MR) is 44.9 cm³/mol. The number of aliphatic hydroxyl groups excluding tert-OH is 1. The molecule has 1 rings (SSSR count). The molecule has 13 heavy (non-hydrogen) atoms. The van der Waals surface area contributed by atoms with Crippen LogP contribution in [0.5, 0.6) is 11.5 Å². The van der Waals surface area contributed by atoms with Crippen LogP contribution in [-0.2, 0) is 0 Å². The molecule has 1 atom stereocenters. The molecular formula is C8H12KNO3. The van der Waals surface area contributed by atoms with Crippen molar-refractivity contribution in [3.8, 4) is 11.5 Å². The zero-order valence-corrected chi connectivity index (χ0v) is 10.6. The molecule has 5 N–H and O–H groups in total. The van der Waals surface area contributed by atoms with Crippen molar-refractivity contribution in [2.24, 2.45) is 5.73 Å². The van der Waals surface area contributed by atoms with Gasteiger partial charge in [-0.25, -0.2) is 0 Å². The van der Waals surface area contributed by atoms with Crippen molar-refractivity contribution < 1.29 is 68.1 Å². The average molecular weight is 209 g/mol. The Labute approximate surface area is 120 Å². The second kappa shape index (κ2) is 5.97. The number of nitrogens with two attached hydrogens (primary N) is 1. The molecule has 0 radical (unpaired) electrons. The van der Waals surface area contributed by atoms with Gasteiger partial charge in [-0.3, -0.25) is 0 Å². The van der Waals surface area contributed by atoms with Gasteiger partial charge in [0.25, 0.3) is 0 Å². The molecule has 0 unspecified atom stereocenters. The van der Waals surface area contributed by atoms with Crippen LogP contribution in [0.1, 0.15) is 13.1 Å². The number of aromatic hydroxyl groups is 2. The Morgan fingerprint density at radius 3 is 2.38 bits per heavy atom. The van der Waals surface area contributed by atoms with E-state index in [0.29, 0.717) is 5.56 Å². The van der Waals surface area contributed by atoms with Gasteiger partial charge >= 0.3 is 51.4 Å². The second-order valence-corrected chi connectivity index (χ2v) is 2.50. The van der Waals surface area contributed by atoms with Crippen LogP contribution in [0.2, 0.25) is 0 Å². The Hall–Kier alpha value is 0.376. The van der Waals surface area contributed by atoms with Crippen molar-refractivity contribution in [3.05, 3.63) is 23.8 Å². The van der Waals surface area contributed by atoms with E-state index in [4.69, 9.17) is 15.9 Å². The van der Waals surface area contributed by atoms with Gasteiger partial charge in [0.2, 0.25) is 0 Å². The third kappa shape index (κ3) is 3.55. The van der Waals surface area contributed by atoms with Gasteiger partial charge < -0.3 is 22.5 Å². The summed E-state index contributed by atoms with van der Waals surface area (Å²) in [7, 11) is 0. The number of aliphatic hydroxyl groups is 1. The summed E-state index contributed by atoms with van der Waals surface area (Å²) < 4.78 is 0. The molecule has 68 valence electrons. The SMILES string of the molecule is NC[C@H](O)c1ccc(O)c(O)c1.[H-].[K+].